The molecule has 1 aliphatic heterocycles. The van der Waals surface area contributed by atoms with Crippen LogP contribution in [-0.2, 0) is 14.4 Å². The van der Waals surface area contributed by atoms with Crippen molar-refractivity contribution in [1.29, 1.82) is 0 Å². The molecule has 8 heteroatoms. The van der Waals surface area contributed by atoms with Gasteiger partial charge in [0.25, 0.3) is 11.7 Å². The zero-order valence-electron chi connectivity index (χ0n) is 17.5. The second kappa shape index (κ2) is 9.34. The number of carbonyl (C=O) groups is 3. The first-order chi connectivity index (χ1) is 14.9. The van der Waals surface area contributed by atoms with Gasteiger partial charge in [0.1, 0.15) is 5.76 Å². The number of hydrogen-bond donors (Lipinski definition) is 2. The molecule has 2 amide bonds. The predicted molar refractivity (Wildman–Crippen MR) is 114 cm³/mol. The Morgan fingerprint density at radius 1 is 1.06 bits per heavy atom. The van der Waals surface area contributed by atoms with E-state index >= 15 is 0 Å². The molecule has 0 spiro atoms. The summed E-state index contributed by atoms with van der Waals surface area (Å²) >= 11 is 0. The summed E-state index contributed by atoms with van der Waals surface area (Å²) in [5, 5.41) is 13.6. The molecule has 2 aromatic carbocycles. The number of aliphatic hydroxyl groups excluding tert-OH is 1. The molecule has 0 radical (unpaired) electrons. The molecule has 0 unspecified atom stereocenters. The molecule has 2 N–H and O–H groups in total. The smallest absolute Gasteiger partial charge is 0.295 e. The van der Waals surface area contributed by atoms with Gasteiger partial charge in [-0.05, 0) is 17.7 Å². The number of Topliss-reactive ketones (excluding diaryl/α,β-unsaturated/α-hetero) is 1. The third-order valence-corrected chi connectivity index (χ3v) is 5.04. The number of amides is 2. The Kier molecular flexibility index (Phi) is 6.59. The normalized spacial score (nSPS) is 17.5. The van der Waals surface area contributed by atoms with Gasteiger partial charge >= 0.3 is 0 Å². The van der Waals surface area contributed by atoms with Gasteiger partial charge in [-0.1, -0.05) is 36.4 Å². The van der Waals surface area contributed by atoms with Crippen molar-refractivity contribution in [2.45, 2.75) is 13.0 Å². The quantitative estimate of drug-likeness (QED) is 0.401. The number of nitrogens with zero attached hydrogens (tertiary/aromatic N) is 1. The van der Waals surface area contributed by atoms with Crippen molar-refractivity contribution in [2.75, 3.05) is 27.3 Å². The minimum atomic E-state index is -0.853. The fraction of sp³-hybridized carbons (Fsp3) is 0.261. The molecule has 3 rings (SSSR count). The summed E-state index contributed by atoms with van der Waals surface area (Å²) in [5.74, 6) is -1.13. The Hall–Kier alpha value is -3.81. The monoisotopic (exact) mass is 424 g/mol. The molecule has 1 saturated heterocycles. The van der Waals surface area contributed by atoms with Crippen LogP contribution in [0.2, 0.25) is 0 Å². The average Bonchev–Trinajstić information content (AvgIpc) is 3.03. The van der Waals surface area contributed by atoms with Crippen molar-refractivity contribution in [3.63, 3.8) is 0 Å². The van der Waals surface area contributed by atoms with Crippen LogP contribution in [0.4, 0.5) is 0 Å². The minimum absolute atomic E-state index is 0.0220. The predicted octanol–water partition coefficient (Wildman–Crippen LogP) is 2.26. The molecule has 0 bridgehead atoms. The molecule has 1 fully saturated rings. The first kappa shape index (κ1) is 21.9. The molecular formula is C23H24N2O6. The summed E-state index contributed by atoms with van der Waals surface area (Å²) in [7, 11) is 2.99. The summed E-state index contributed by atoms with van der Waals surface area (Å²) in [5.41, 5.74) is 0.969. The van der Waals surface area contributed by atoms with Crippen molar-refractivity contribution in [1.82, 2.24) is 10.2 Å². The van der Waals surface area contributed by atoms with Gasteiger partial charge in [0.05, 0.1) is 25.8 Å². The Bertz CT molecular complexity index is 1030. The largest absolute Gasteiger partial charge is 0.507 e. The summed E-state index contributed by atoms with van der Waals surface area (Å²) < 4.78 is 10.6. The molecule has 0 aromatic heterocycles. The number of ketones is 1. The van der Waals surface area contributed by atoms with Crippen molar-refractivity contribution < 1.29 is 29.0 Å². The van der Waals surface area contributed by atoms with E-state index in [1.54, 1.807) is 48.5 Å². The number of methoxy groups -OCH3 is 2. The highest BCUT2D eigenvalue weighted by molar-refractivity contribution is 6.46. The van der Waals surface area contributed by atoms with E-state index in [1.807, 2.05) is 0 Å². The molecule has 0 aliphatic carbocycles. The van der Waals surface area contributed by atoms with E-state index in [-0.39, 0.29) is 30.3 Å². The maximum atomic E-state index is 12.9. The fourth-order valence-electron chi connectivity index (χ4n) is 3.58. The number of nitrogens with one attached hydrogen (secondary N) is 1. The van der Waals surface area contributed by atoms with Crippen molar-refractivity contribution in [2.24, 2.45) is 0 Å². The molecule has 31 heavy (non-hydrogen) atoms. The highest BCUT2D eigenvalue weighted by Crippen LogP contribution is 2.41. The van der Waals surface area contributed by atoms with Crippen LogP contribution >= 0.6 is 0 Å². The summed E-state index contributed by atoms with van der Waals surface area (Å²) in [6.07, 6.45) is 0. The van der Waals surface area contributed by atoms with E-state index in [2.05, 4.69) is 5.32 Å². The maximum absolute atomic E-state index is 12.9. The lowest BCUT2D eigenvalue weighted by molar-refractivity contribution is -0.140. The van der Waals surface area contributed by atoms with E-state index in [9.17, 15) is 19.5 Å². The van der Waals surface area contributed by atoms with Gasteiger partial charge in [-0.15, -0.1) is 0 Å². The molecule has 8 nitrogen and oxygen atoms in total. The Morgan fingerprint density at radius 2 is 1.74 bits per heavy atom. The zero-order valence-corrected chi connectivity index (χ0v) is 17.5. The first-order valence-electron chi connectivity index (χ1n) is 9.69. The van der Waals surface area contributed by atoms with Gasteiger partial charge in [-0.3, -0.25) is 14.4 Å². The number of ether oxygens (including phenoxy) is 2. The zero-order chi connectivity index (χ0) is 22.5. The number of carbonyl (C=O) groups excluding carboxylic acids is 3. The van der Waals surface area contributed by atoms with Gasteiger partial charge in [-0.2, -0.15) is 0 Å². The van der Waals surface area contributed by atoms with Gasteiger partial charge in [0.2, 0.25) is 5.91 Å². The minimum Gasteiger partial charge on any atom is -0.507 e. The van der Waals surface area contributed by atoms with E-state index in [1.165, 1.54) is 26.0 Å². The molecule has 1 atom stereocenters. The lowest BCUT2D eigenvalue weighted by Crippen LogP contribution is -2.37. The van der Waals surface area contributed by atoms with E-state index < -0.39 is 17.7 Å². The molecule has 1 heterocycles. The Balaban J connectivity index is 2.14. The van der Waals surface area contributed by atoms with E-state index in [0.29, 0.717) is 22.6 Å². The number of aliphatic hydroxyl groups is 1. The number of hydrogen-bond acceptors (Lipinski definition) is 6. The lowest BCUT2D eigenvalue weighted by Gasteiger charge is -2.26. The second-order valence-corrected chi connectivity index (χ2v) is 6.96. The SMILES string of the molecule is COc1ccc([C@H]2/C(=C(\O)c3ccccc3)C(=O)C(=O)N2CCNC(C)=O)cc1OC. The van der Waals surface area contributed by atoms with Crippen LogP contribution in [0.25, 0.3) is 5.76 Å². The first-order valence-corrected chi connectivity index (χ1v) is 9.69. The van der Waals surface area contributed by atoms with Crippen LogP contribution in [0, 0.1) is 0 Å². The second-order valence-electron chi connectivity index (χ2n) is 6.96. The van der Waals surface area contributed by atoms with Crippen molar-refractivity contribution in [3.05, 3.63) is 65.2 Å². The standard InChI is InChI=1S/C23H24N2O6/c1-14(26)24-11-12-25-20(16-9-10-17(30-2)18(13-16)31-3)19(22(28)23(25)29)21(27)15-7-5-4-6-8-15/h4-10,13,20,27H,11-12H2,1-3H3,(H,24,26)/b21-19+/t20-/m0/s1. The van der Waals surface area contributed by atoms with Crippen LogP contribution in [0.5, 0.6) is 11.5 Å². The van der Waals surface area contributed by atoms with Crippen LogP contribution in [0.1, 0.15) is 24.1 Å². The number of rotatable bonds is 7. The van der Waals surface area contributed by atoms with Crippen LogP contribution in [-0.4, -0.2) is 54.9 Å². The Morgan fingerprint density at radius 3 is 2.35 bits per heavy atom. The summed E-state index contributed by atoms with van der Waals surface area (Å²) in [4.78, 5) is 38.4. The van der Waals surface area contributed by atoms with Gasteiger partial charge in [0, 0.05) is 25.6 Å². The van der Waals surface area contributed by atoms with Crippen molar-refractivity contribution >= 4 is 23.4 Å². The third kappa shape index (κ3) is 4.37. The van der Waals surface area contributed by atoms with Gasteiger partial charge in [-0.25, -0.2) is 0 Å². The third-order valence-electron chi connectivity index (χ3n) is 5.04. The fourth-order valence-corrected chi connectivity index (χ4v) is 3.58. The summed E-state index contributed by atoms with van der Waals surface area (Å²) in [6.45, 7) is 1.63. The van der Waals surface area contributed by atoms with Crippen molar-refractivity contribution in [3.8, 4) is 11.5 Å². The Labute approximate surface area is 180 Å². The molecular weight excluding hydrogens is 400 g/mol. The highest BCUT2D eigenvalue weighted by Gasteiger charge is 2.46. The molecule has 1 aliphatic rings. The number of benzene rings is 2. The van der Waals surface area contributed by atoms with Crippen LogP contribution in [0.3, 0.4) is 0 Å². The van der Waals surface area contributed by atoms with Crippen LogP contribution in [0.15, 0.2) is 54.1 Å². The highest BCUT2D eigenvalue weighted by atomic mass is 16.5. The molecule has 2 aromatic rings. The molecule has 0 saturated carbocycles. The van der Waals surface area contributed by atoms with Gasteiger partial charge in [0.15, 0.2) is 11.5 Å². The van der Waals surface area contributed by atoms with E-state index in [4.69, 9.17) is 9.47 Å². The maximum Gasteiger partial charge on any atom is 0.295 e. The lowest BCUT2D eigenvalue weighted by atomic mass is 9.95. The van der Waals surface area contributed by atoms with Gasteiger partial charge < -0.3 is 24.8 Å². The topological polar surface area (TPSA) is 105 Å². The van der Waals surface area contributed by atoms with E-state index in [0.717, 1.165) is 0 Å². The molecule has 162 valence electrons. The summed E-state index contributed by atoms with van der Waals surface area (Å²) in [6, 6.07) is 12.8. The number of likely N-dealkylation sites (tertiary alicyclic amines) is 1. The van der Waals surface area contributed by atoms with Crippen LogP contribution < -0.4 is 14.8 Å². The average molecular weight is 424 g/mol.